The second kappa shape index (κ2) is 11.5. The normalized spacial score (nSPS) is 10.3. The van der Waals surface area contributed by atoms with Crippen LogP contribution in [0.25, 0.3) is 0 Å². The Morgan fingerprint density at radius 2 is 1.76 bits per heavy atom. The standard InChI is InChI=1S/C20H23F2N3O4/c1-28-16-8-7-14(13-17(16)29-19(21)22)9-11-23-18(26)10-12-24-20(27)25-15-5-3-2-4-6-15/h2-8,13,19H,9-12H2,1H3,(H,23,26)(H2,24,25,27). The first-order valence-electron chi connectivity index (χ1n) is 8.96. The number of urea groups is 1. The van der Waals surface area contributed by atoms with Crippen LogP contribution in [0.15, 0.2) is 48.5 Å². The number of amides is 3. The predicted octanol–water partition coefficient (Wildman–Crippen LogP) is 3.17. The minimum Gasteiger partial charge on any atom is -0.493 e. The number of halogens is 2. The van der Waals surface area contributed by atoms with Crippen LogP contribution in [0.4, 0.5) is 19.3 Å². The second-order valence-corrected chi connectivity index (χ2v) is 5.96. The van der Waals surface area contributed by atoms with Crippen LogP contribution in [0.3, 0.4) is 0 Å². The van der Waals surface area contributed by atoms with Gasteiger partial charge in [-0.15, -0.1) is 0 Å². The van der Waals surface area contributed by atoms with Gasteiger partial charge < -0.3 is 25.4 Å². The van der Waals surface area contributed by atoms with Crippen molar-refractivity contribution in [3.05, 3.63) is 54.1 Å². The molecule has 2 aromatic rings. The number of para-hydroxylation sites is 1. The van der Waals surface area contributed by atoms with E-state index in [1.54, 1.807) is 30.3 Å². The Kier molecular flexibility index (Phi) is 8.68. The first-order chi connectivity index (χ1) is 14.0. The Bertz CT molecular complexity index is 804. The molecule has 0 heterocycles. The summed E-state index contributed by atoms with van der Waals surface area (Å²) in [5.74, 6) is -0.0829. The monoisotopic (exact) mass is 407 g/mol. The van der Waals surface area contributed by atoms with Crippen molar-refractivity contribution in [3.8, 4) is 11.5 Å². The molecule has 29 heavy (non-hydrogen) atoms. The molecular weight excluding hydrogens is 384 g/mol. The number of carbonyl (C=O) groups excluding carboxylic acids is 2. The van der Waals surface area contributed by atoms with Crippen molar-refractivity contribution in [3.63, 3.8) is 0 Å². The number of carbonyl (C=O) groups is 2. The Morgan fingerprint density at radius 1 is 1.00 bits per heavy atom. The summed E-state index contributed by atoms with van der Waals surface area (Å²) in [5, 5.41) is 7.96. The van der Waals surface area contributed by atoms with E-state index in [4.69, 9.17) is 4.74 Å². The average molecular weight is 407 g/mol. The topological polar surface area (TPSA) is 88.7 Å². The van der Waals surface area contributed by atoms with E-state index in [0.29, 0.717) is 24.2 Å². The summed E-state index contributed by atoms with van der Waals surface area (Å²) in [4.78, 5) is 23.6. The van der Waals surface area contributed by atoms with Gasteiger partial charge in [-0.2, -0.15) is 8.78 Å². The van der Waals surface area contributed by atoms with E-state index in [9.17, 15) is 18.4 Å². The number of hydrogen-bond acceptors (Lipinski definition) is 4. The number of anilines is 1. The van der Waals surface area contributed by atoms with Gasteiger partial charge in [0.15, 0.2) is 11.5 Å². The molecule has 0 unspecified atom stereocenters. The fourth-order valence-corrected chi connectivity index (χ4v) is 2.49. The molecule has 0 fully saturated rings. The van der Waals surface area contributed by atoms with Crippen molar-refractivity contribution < 1.29 is 27.8 Å². The fraction of sp³-hybridized carbons (Fsp3) is 0.300. The van der Waals surface area contributed by atoms with Gasteiger partial charge in [-0.25, -0.2) is 4.79 Å². The van der Waals surface area contributed by atoms with E-state index in [2.05, 4.69) is 20.7 Å². The number of rotatable bonds is 10. The van der Waals surface area contributed by atoms with Crippen molar-refractivity contribution in [1.82, 2.24) is 10.6 Å². The molecule has 0 atom stereocenters. The molecule has 3 amide bonds. The van der Waals surface area contributed by atoms with Crippen molar-refractivity contribution in [2.24, 2.45) is 0 Å². The van der Waals surface area contributed by atoms with Gasteiger partial charge in [0.05, 0.1) is 7.11 Å². The quantitative estimate of drug-likeness (QED) is 0.565. The molecule has 0 spiro atoms. The van der Waals surface area contributed by atoms with Crippen LogP contribution in [0.2, 0.25) is 0 Å². The highest BCUT2D eigenvalue weighted by atomic mass is 19.3. The third kappa shape index (κ3) is 8.04. The van der Waals surface area contributed by atoms with Gasteiger partial charge in [0.2, 0.25) is 5.91 Å². The molecule has 9 heteroatoms. The van der Waals surface area contributed by atoms with Crippen LogP contribution in [0, 0.1) is 0 Å². The number of nitrogens with one attached hydrogen (secondary N) is 3. The van der Waals surface area contributed by atoms with Crippen molar-refractivity contribution in [1.29, 1.82) is 0 Å². The second-order valence-electron chi connectivity index (χ2n) is 5.96. The largest absolute Gasteiger partial charge is 0.493 e. The molecule has 2 rings (SSSR count). The van der Waals surface area contributed by atoms with E-state index in [1.807, 2.05) is 6.07 Å². The third-order valence-electron chi connectivity index (χ3n) is 3.85. The van der Waals surface area contributed by atoms with E-state index in [1.165, 1.54) is 19.2 Å². The number of ether oxygens (including phenoxy) is 2. The molecule has 0 saturated carbocycles. The molecule has 0 aliphatic heterocycles. The van der Waals surface area contributed by atoms with Gasteiger partial charge >= 0.3 is 12.6 Å². The summed E-state index contributed by atoms with van der Waals surface area (Å²) in [7, 11) is 1.36. The Hall–Kier alpha value is -3.36. The molecule has 2 aromatic carbocycles. The molecule has 0 aliphatic carbocycles. The van der Waals surface area contributed by atoms with Crippen molar-refractivity contribution in [2.75, 3.05) is 25.5 Å². The zero-order chi connectivity index (χ0) is 21.1. The van der Waals surface area contributed by atoms with E-state index < -0.39 is 12.6 Å². The summed E-state index contributed by atoms with van der Waals surface area (Å²) < 4.78 is 34.3. The Morgan fingerprint density at radius 3 is 2.45 bits per heavy atom. The number of alkyl halides is 2. The highest BCUT2D eigenvalue weighted by Gasteiger charge is 2.11. The van der Waals surface area contributed by atoms with E-state index in [0.717, 1.165) is 0 Å². The van der Waals surface area contributed by atoms with Crippen LogP contribution in [0.5, 0.6) is 11.5 Å². The van der Waals surface area contributed by atoms with Gasteiger partial charge in [-0.05, 0) is 36.2 Å². The van der Waals surface area contributed by atoms with Crippen LogP contribution in [-0.2, 0) is 11.2 Å². The smallest absolute Gasteiger partial charge is 0.387 e. The molecular formula is C20H23F2N3O4. The third-order valence-corrected chi connectivity index (χ3v) is 3.85. The maximum atomic E-state index is 12.5. The lowest BCUT2D eigenvalue weighted by atomic mass is 10.1. The van der Waals surface area contributed by atoms with Crippen LogP contribution in [0.1, 0.15) is 12.0 Å². The fourth-order valence-electron chi connectivity index (χ4n) is 2.49. The van der Waals surface area contributed by atoms with Gasteiger partial charge in [-0.1, -0.05) is 24.3 Å². The SMILES string of the molecule is COc1ccc(CCNC(=O)CCNC(=O)Nc2ccccc2)cc1OC(F)F. The van der Waals surface area contributed by atoms with Crippen LogP contribution >= 0.6 is 0 Å². The van der Waals surface area contributed by atoms with Gasteiger partial charge in [0.1, 0.15) is 0 Å². The van der Waals surface area contributed by atoms with Gasteiger partial charge in [0.25, 0.3) is 0 Å². The Balaban J connectivity index is 1.68. The zero-order valence-electron chi connectivity index (χ0n) is 15.9. The highest BCUT2D eigenvalue weighted by molar-refractivity contribution is 5.89. The van der Waals surface area contributed by atoms with Crippen molar-refractivity contribution in [2.45, 2.75) is 19.5 Å². The number of benzene rings is 2. The summed E-state index contributed by atoms with van der Waals surface area (Å²) in [6, 6.07) is 13.2. The predicted molar refractivity (Wildman–Crippen MR) is 104 cm³/mol. The number of hydrogen-bond donors (Lipinski definition) is 3. The van der Waals surface area contributed by atoms with Crippen molar-refractivity contribution >= 4 is 17.6 Å². The lowest BCUT2D eigenvalue weighted by Crippen LogP contribution is -2.33. The van der Waals surface area contributed by atoms with E-state index >= 15 is 0 Å². The molecule has 156 valence electrons. The summed E-state index contributed by atoms with van der Waals surface area (Å²) in [5.41, 5.74) is 1.37. The lowest BCUT2D eigenvalue weighted by molar-refractivity contribution is -0.120. The number of methoxy groups -OCH3 is 1. The first kappa shape index (κ1) is 21.9. The minimum absolute atomic E-state index is 0.0556. The van der Waals surface area contributed by atoms with Gasteiger partial charge in [-0.3, -0.25) is 4.79 Å². The molecule has 3 N–H and O–H groups in total. The summed E-state index contributed by atoms with van der Waals surface area (Å²) in [6.45, 7) is -2.46. The molecule has 0 aliphatic rings. The molecule has 0 radical (unpaired) electrons. The Labute approximate surface area is 167 Å². The van der Waals surface area contributed by atoms with Crippen LogP contribution < -0.4 is 25.4 Å². The molecule has 0 aromatic heterocycles. The average Bonchev–Trinajstić information content (AvgIpc) is 2.68. The van der Waals surface area contributed by atoms with Gasteiger partial charge in [0, 0.05) is 25.2 Å². The van der Waals surface area contributed by atoms with Crippen LogP contribution in [-0.4, -0.2) is 38.7 Å². The summed E-state index contributed by atoms with van der Waals surface area (Å²) in [6.07, 6.45) is 0.543. The molecule has 0 bridgehead atoms. The maximum Gasteiger partial charge on any atom is 0.387 e. The zero-order valence-corrected chi connectivity index (χ0v) is 15.9. The van der Waals surface area contributed by atoms with E-state index in [-0.39, 0.29) is 30.4 Å². The lowest BCUT2D eigenvalue weighted by Gasteiger charge is -2.12. The first-order valence-corrected chi connectivity index (χ1v) is 8.96. The summed E-state index contributed by atoms with van der Waals surface area (Å²) >= 11 is 0. The minimum atomic E-state index is -2.95. The maximum absolute atomic E-state index is 12.5. The molecule has 0 saturated heterocycles. The molecule has 7 nitrogen and oxygen atoms in total. The highest BCUT2D eigenvalue weighted by Crippen LogP contribution is 2.29.